The van der Waals surface area contributed by atoms with Crippen molar-refractivity contribution in [1.82, 2.24) is 0 Å². The summed E-state index contributed by atoms with van der Waals surface area (Å²) < 4.78 is 0. The normalized spacial score (nSPS) is 38.0. The molecule has 0 radical (unpaired) electrons. The molecule has 9 heavy (non-hydrogen) atoms. The number of aliphatic hydroxyl groups is 1. The molecule has 1 heteroatoms. The SMILES string of the molecule is C[C@@H]1CCCCC[C@H]1O. The second-order valence-electron chi connectivity index (χ2n) is 3.18. The van der Waals surface area contributed by atoms with Crippen LogP contribution in [0.15, 0.2) is 0 Å². The molecule has 1 nitrogen and oxygen atoms in total. The van der Waals surface area contributed by atoms with Crippen molar-refractivity contribution < 1.29 is 5.11 Å². The Morgan fingerprint density at radius 2 is 1.78 bits per heavy atom. The summed E-state index contributed by atoms with van der Waals surface area (Å²) in [5, 5.41) is 9.36. The van der Waals surface area contributed by atoms with Crippen molar-refractivity contribution in [2.24, 2.45) is 5.92 Å². The zero-order valence-corrected chi connectivity index (χ0v) is 6.14. The number of hydrogen-bond acceptors (Lipinski definition) is 1. The molecule has 0 aromatic carbocycles. The average molecular weight is 128 g/mol. The standard InChI is InChI=1S/C8H16O/c1-7-5-3-2-4-6-8(7)9/h7-9H,2-6H2,1H3/t7-,8-/m1/s1. The van der Waals surface area contributed by atoms with Gasteiger partial charge in [0.1, 0.15) is 0 Å². The Balaban J connectivity index is 2.32. The number of rotatable bonds is 0. The molecule has 1 rings (SSSR count). The Bertz CT molecular complexity index is 70.6. The summed E-state index contributed by atoms with van der Waals surface area (Å²) in [5.41, 5.74) is 0. The third-order valence-electron chi connectivity index (χ3n) is 2.32. The lowest BCUT2D eigenvalue weighted by atomic mass is 10.0. The molecule has 0 bridgehead atoms. The Hall–Kier alpha value is -0.0400. The Kier molecular flexibility index (Phi) is 2.52. The van der Waals surface area contributed by atoms with Gasteiger partial charge < -0.3 is 5.11 Å². The van der Waals surface area contributed by atoms with E-state index in [2.05, 4.69) is 6.92 Å². The fraction of sp³-hybridized carbons (Fsp3) is 1.00. The predicted molar refractivity (Wildman–Crippen MR) is 38.3 cm³/mol. The molecule has 0 aliphatic heterocycles. The van der Waals surface area contributed by atoms with E-state index in [1.54, 1.807) is 0 Å². The molecule has 2 atom stereocenters. The molecule has 1 saturated carbocycles. The Morgan fingerprint density at radius 3 is 2.56 bits per heavy atom. The largest absolute Gasteiger partial charge is 0.393 e. The molecular weight excluding hydrogens is 112 g/mol. The summed E-state index contributed by atoms with van der Waals surface area (Å²) in [7, 11) is 0. The Labute approximate surface area is 57.1 Å². The highest BCUT2D eigenvalue weighted by Gasteiger charge is 2.15. The summed E-state index contributed by atoms with van der Waals surface area (Å²) in [6.07, 6.45) is 6.11. The maximum atomic E-state index is 9.36. The molecule has 1 fully saturated rings. The van der Waals surface area contributed by atoms with E-state index in [0.717, 1.165) is 6.42 Å². The van der Waals surface area contributed by atoms with Crippen LogP contribution in [-0.2, 0) is 0 Å². The lowest BCUT2D eigenvalue weighted by Crippen LogP contribution is -2.14. The van der Waals surface area contributed by atoms with Crippen LogP contribution in [0.2, 0.25) is 0 Å². The van der Waals surface area contributed by atoms with E-state index >= 15 is 0 Å². The lowest BCUT2D eigenvalue weighted by molar-refractivity contribution is 0.110. The van der Waals surface area contributed by atoms with Crippen molar-refractivity contribution in [2.75, 3.05) is 0 Å². The van der Waals surface area contributed by atoms with Gasteiger partial charge in [-0.3, -0.25) is 0 Å². The van der Waals surface area contributed by atoms with Crippen LogP contribution in [0.25, 0.3) is 0 Å². The minimum Gasteiger partial charge on any atom is -0.393 e. The van der Waals surface area contributed by atoms with Crippen LogP contribution in [0, 0.1) is 5.92 Å². The molecule has 1 aliphatic carbocycles. The molecule has 0 saturated heterocycles. The van der Waals surface area contributed by atoms with Crippen molar-refractivity contribution in [2.45, 2.75) is 45.1 Å². The minimum atomic E-state index is -0.00694. The highest BCUT2D eigenvalue weighted by Crippen LogP contribution is 2.22. The van der Waals surface area contributed by atoms with E-state index in [1.165, 1.54) is 25.7 Å². The van der Waals surface area contributed by atoms with Gasteiger partial charge in [-0.1, -0.05) is 26.2 Å². The van der Waals surface area contributed by atoms with E-state index in [9.17, 15) is 5.11 Å². The molecule has 54 valence electrons. The summed E-state index contributed by atoms with van der Waals surface area (Å²) in [5.74, 6) is 0.549. The van der Waals surface area contributed by atoms with Crippen molar-refractivity contribution in [3.05, 3.63) is 0 Å². The van der Waals surface area contributed by atoms with E-state index in [1.807, 2.05) is 0 Å². The van der Waals surface area contributed by atoms with Gasteiger partial charge in [-0.2, -0.15) is 0 Å². The molecule has 0 spiro atoms. The third kappa shape index (κ3) is 1.98. The maximum Gasteiger partial charge on any atom is 0.0565 e. The summed E-state index contributed by atoms with van der Waals surface area (Å²) in [6.45, 7) is 2.15. The zero-order valence-electron chi connectivity index (χ0n) is 6.14. The molecule has 0 aromatic heterocycles. The van der Waals surface area contributed by atoms with Gasteiger partial charge >= 0.3 is 0 Å². The van der Waals surface area contributed by atoms with Crippen LogP contribution in [0.3, 0.4) is 0 Å². The van der Waals surface area contributed by atoms with E-state index in [-0.39, 0.29) is 6.10 Å². The lowest BCUT2D eigenvalue weighted by Gasteiger charge is -2.13. The summed E-state index contributed by atoms with van der Waals surface area (Å²) in [6, 6.07) is 0. The first-order valence-corrected chi connectivity index (χ1v) is 3.99. The smallest absolute Gasteiger partial charge is 0.0565 e. The van der Waals surface area contributed by atoms with Gasteiger partial charge in [-0.15, -0.1) is 0 Å². The molecule has 0 heterocycles. The Morgan fingerprint density at radius 1 is 1.11 bits per heavy atom. The molecule has 0 unspecified atom stereocenters. The van der Waals surface area contributed by atoms with Crippen LogP contribution in [0.4, 0.5) is 0 Å². The molecule has 1 aliphatic rings. The van der Waals surface area contributed by atoms with E-state index in [0.29, 0.717) is 5.92 Å². The molecule has 0 aromatic rings. The zero-order chi connectivity index (χ0) is 6.69. The van der Waals surface area contributed by atoms with Gasteiger partial charge in [0.15, 0.2) is 0 Å². The second-order valence-corrected chi connectivity index (χ2v) is 3.18. The van der Waals surface area contributed by atoms with Crippen LogP contribution in [0.1, 0.15) is 39.0 Å². The van der Waals surface area contributed by atoms with Crippen molar-refractivity contribution in [3.63, 3.8) is 0 Å². The van der Waals surface area contributed by atoms with Gasteiger partial charge in [0, 0.05) is 0 Å². The third-order valence-corrected chi connectivity index (χ3v) is 2.32. The second kappa shape index (κ2) is 3.21. The fourth-order valence-corrected chi connectivity index (χ4v) is 1.47. The van der Waals surface area contributed by atoms with E-state index in [4.69, 9.17) is 0 Å². The summed E-state index contributed by atoms with van der Waals surface area (Å²) >= 11 is 0. The average Bonchev–Trinajstić information content (AvgIpc) is 1.99. The van der Waals surface area contributed by atoms with Crippen LogP contribution >= 0.6 is 0 Å². The topological polar surface area (TPSA) is 20.2 Å². The quantitative estimate of drug-likeness (QED) is 0.494. The first-order chi connectivity index (χ1) is 4.30. The molecule has 0 amide bonds. The first kappa shape index (κ1) is 7.07. The van der Waals surface area contributed by atoms with Gasteiger partial charge in [-0.25, -0.2) is 0 Å². The van der Waals surface area contributed by atoms with Gasteiger partial charge in [-0.05, 0) is 18.8 Å². The van der Waals surface area contributed by atoms with Crippen LogP contribution < -0.4 is 0 Å². The maximum absolute atomic E-state index is 9.36. The number of hydrogen-bond donors (Lipinski definition) is 1. The molecular formula is C8H16O. The van der Waals surface area contributed by atoms with Crippen molar-refractivity contribution in [3.8, 4) is 0 Å². The summed E-state index contributed by atoms with van der Waals surface area (Å²) in [4.78, 5) is 0. The predicted octanol–water partition coefficient (Wildman–Crippen LogP) is 1.95. The minimum absolute atomic E-state index is 0.00694. The highest BCUT2D eigenvalue weighted by atomic mass is 16.3. The highest BCUT2D eigenvalue weighted by molar-refractivity contribution is 4.68. The van der Waals surface area contributed by atoms with E-state index < -0.39 is 0 Å². The fourth-order valence-electron chi connectivity index (χ4n) is 1.47. The van der Waals surface area contributed by atoms with Crippen LogP contribution in [0.5, 0.6) is 0 Å². The van der Waals surface area contributed by atoms with Gasteiger partial charge in [0.25, 0.3) is 0 Å². The monoisotopic (exact) mass is 128 g/mol. The van der Waals surface area contributed by atoms with Crippen LogP contribution in [-0.4, -0.2) is 11.2 Å². The van der Waals surface area contributed by atoms with Gasteiger partial charge in [0.2, 0.25) is 0 Å². The first-order valence-electron chi connectivity index (χ1n) is 3.99. The van der Waals surface area contributed by atoms with Crippen molar-refractivity contribution >= 4 is 0 Å². The van der Waals surface area contributed by atoms with Gasteiger partial charge in [0.05, 0.1) is 6.10 Å². The van der Waals surface area contributed by atoms with Crippen molar-refractivity contribution in [1.29, 1.82) is 0 Å². The molecule has 1 N–H and O–H groups in total. The number of aliphatic hydroxyl groups excluding tert-OH is 1.